The van der Waals surface area contributed by atoms with Gasteiger partial charge in [-0.25, -0.2) is 4.99 Å². The number of nitrogens with zero attached hydrogens (tertiary/aromatic N) is 5. The summed E-state index contributed by atoms with van der Waals surface area (Å²) in [4.78, 5) is 7.10. The molecule has 170 valence electrons. The Balaban J connectivity index is 1.47. The van der Waals surface area contributed by atoms with Crippen molar-refractivity contribution in [3.63, 3.8) is 0 Å². The number of ether oxygens (including phenoxy) is 2. The van der Waals surface area contributed by atoms with Crippen LogP contribution in [0.15, 0.2) is 29.3 Å². The Morgan fingerprint density at radius 3 is 2.71 bits per heavy atom. The molecule has 0 radical (unpaired) electrons. The molecule has 2 heterocycles. The largest absolute Gasteiger partial charge is 0.490 e. The standard InChI is InChI=1S/C21H32ClN7O2/c1-17-26-27-20(28(17)2)16-25-21(23-8-5-10-29-11-14-30-15-12-29)24-9-13-31-19-7-4-3-6-18(19)22/h3-4,6-7H,5,8-16H2,1-2H3,(H2,23,24,25). The van der Waals surface area contributed by atoms with Crippen molar-refractivity contribution in [2.24, 2.45) is 12.0 Å². The molecule has 1 fully saturated rings. The molecule has 31 heavy (non-hydrogen) atoms. The Morgan fingerprint density at radius 1 is 1.19 bits per heavy atom. The summed E-state index contributed by atoms with van der Waals surface area (Å²) in [6, 6.07) is 7.46. The summed E-state index contributed by atoms with van der Waals surface area (Å²) in [6.45, 7) is 8.97. The number of para-hydroxylation sites is 1. The predicted octanol–water partition coefficient (Wildman–Crippen LogP) is 1.61. The van der Waals surface area contributed by atoms with Crippen LogP contribution in [0.3, 0.4) is 0 Å². The van der Waals surface area contributed by atoms with Gasteiger partial charge in [0.25, 0.3) is 0 Å². The van der Waals surface area contributed by atoms with Crippen LogP contribution in [0.2, 0.25) is 5.02 Å². The van der Waals surface area contributed by atoms with Crippen molar-refractivity contribution >= 4 is 17.6 Å². The number of nitrogens with one attached hydrogen (secondary N) is 2. The monoisotopic (exact) mass is 449 g/mol. The topological polar surface area (TPSA) is 88.8 Å². The number of hydrogen-bond donors (Lipinski definition) is 2. The van der Waals surface area contributed by atoms with Crippen LogP contribution in [-0.4, -0.2) is 78.2 Å². The molecule has 1 aromatic carbocycles. The van der Waals surface area contributed by atoms with Crippen molar-refractivity contribution in [1.29, 1.82) is 0 Å². The van der Waals surface area contributed by atoms with E-state index in [1.807, 2.05) is 42.8 Å². The lowest BCUT2D eigenvalue weighted by Crippen LogP contribution is -2.42. The number of halogens is 1. The molecule has 0 aliphatic carbocycles. The molecule has 1 aliphatic heterocycles. The normalized spacial score (nSPS) is 15.1. The summed E-state index contributed by atoms with van der Waals surface area (Å²) in [5.74, 6) is 3.09. The van der Waals surface area contributed by atoms with Gasteiger partial charge in [0.2, 0.25) is 0 Å². The fourth-order valence-corrected chi connectivity index (χ4v) is 3.33. The zero-order valence-electron chi connectivity index (χ0n) is 18.3. The van der Waals surface area contributed by atoms with Gasteiger partial charge in [-0.1, -0.05) is 23.7 Å². The lowest BCUT2D eigenvalue weighted by Gasteiger charge is -2.26. The summed E-state index contributed by atoms with van der Waals surface area (Å²) in [5, 5.41) is 15.6. The second kappa shape index (κ2) is 12.5. The highest BCUT2D eigenvalue weighted by molar-refractivity contribution is 6.32. The lowest BCUT2D eigenvalue weighted by molar-refractivity contribution is 0.0376. The summed E-state index contributed by atoms with van der Waals surface area (Å²) >= 11 is 6.14. The van der Waals surface area contributed by atoms with Crippen LogP contribution in [0.4, 0.5) is 0 Å². The van der Waals surface area contributed by atoms with E-state index in [0.29, 0.717) is 30.5 Å². The van der Waals surface area contributed by atoms with Crippen molar-refractivity contribution in [1.82, 2.24) is 30.3 Å². The molecule has 3 rings (SSSR count). The van der Waals surface area contributed by atoms with E-state index in [1.54, 1.807) is 0 Å². The zero-order chi connectivity index (χ0) is 21.9. The van der Waals surface area contributed by atoms with Gasteiger partial charge in [0.05, 0.1) is 24.8 Å². The van der Waals surface area contributed by atoms with Gasteiger partial charge in [-0.3, -0.25) is 4.90 Å². The molecule has 9 nitrogen and oxygen atoms in total. The fourth-order valence-electron chi connectivity index (χ4n) is 3.14. The molecule has 1 saturated heterocycles. The minimum absolute atomic E-state index is 0.446. The highest BCUT2D eigenvalue weighted by Gasteiger charge is 2.10. The molecular formula is C21H32ClN7O2. The molecule has 0 spiro atoms. The first-order valence-corrected chi connectivity index (χ1v) is 11.1. The Kier molecular flexibility index (Phi) is 9.39. The highest BCUT2D eigenvalue weighted by Crippen LogP contribution is 2.22. The predicted molar refractivity (Wildman–Crippen MR) is 122 cm³/mol. The minimum atomic E-state index is 0.446. The first kappa shape index (κ1) is 23.3. The fraction of sp³-hybridized carbons (Fsp3) is 0.571. The van der Waals surface area contributed by atoms with Crippen LogP contribution in [0.5, 0.6) is 5.75 Å². The number of rotatable bonds is 10. The molecule has 10 heteroatoms. The lowest BCUT2D eigenvalue weighted by atomic mass is 10.3. The van der Waals surface area contributed by atoms with Crippen LogP contribution in [0.1, 0.15) is 18.1 Å². The van der Waals surface area contributed by atoms with Gasteiger partial charge in [0.1, 0.15) is 24.7 Å². The second-order valence-corrected chi connectivity index (χ2v) is 7.73. The van der Waals surface area contributed by atoms with Crippen molar-refractivity contribution in [2.45, 2.75) is 19.9 Å². The van der Waals surface area contributed by atoms with E-state index in [-0.39, 0.29) is 0 Å². The Bertz CT molecular complexity index is 837. The van der Waals surface area contributed by atoms with E-state index in [2.05, 4.69) is 30.7 Å². The minimum Gasteiger partial charge on any atom is -0.490 e. The quantitative estimate of drug-likeness (QED) is 0.323. The van der Waals surface area contributed by atoms with E-state index in [0.717, 1.165) is 63.4 Å². The Hall–Kier alpha value is -2.36. The smallest absolute Gasteiger partial charge is 0.191 e. The maximum atomic E-state index is 6.14. The average molecular weight is 450 g/mol. The number of aromatic nitrogens is 3. The first-order chi connectivity index (χ1) is 15.1. The molecule has 1 aromatic heterocycles. The Labute approximate surface area is 188 Å². The van der Waals surface area contributed by atoms with Crippen LogP contribution >= 0.6 is 11.6 Å². The third-order valence-corrected chi connectivity index (χ3v) is 5.41. The zero-order valence-corrected chi connectivity index (χ0v) is 19.1. The first-order valence-electron chi connectivity index (χ1n) is 10.7. The number of aliphatic imine (C=N–C) groups is 1. The highest BCUT2D eigenvalue weighted by atomic mass is 35.5. The summed E-state index contributed by atoms with van der Waals surface area (Å²) in [7, 11) is 1.94. The number of hydrogen-bond acceptors (Lipinski definition) is 6. The summed E-state index contributed by atoms with van der Waals surface area (Å²) in [6.07, 6.45) is 1.03. The summed E-state index contributed by atoms with van der Waals surface area (Å²) in [5.41, 5.74) is 0. The second-order valence-electron chi connectivity index (χ2n) is 7.33. The van der Waals surface area contributed by atoms with E-state index in [9.17, 15) is 0 Å². The van der Waals surface area contributed by atoms with E-state index < -0.39 is 0 Å². The van der Waals surface area contributed by atoms with Crippen molar-refractivity contribution < 1.29 is 9.47 Å². The van der Waals surface area contributed by atoms with Crippen LogP contribution < -0.4 is 15.4 Å². The molecule has 0 unspecified atom stereocenters. The molecule has 0 bridgehead atoms. The van der Waals surface area contributed by atoms with E-state index >= 15 is 0 Å². The van der Waals surface area contributed by atoms with E-state index in [1.165, 1.54) is 0 Å². The average Bonchev–Trinajstić information content (AvgIpc) is 3.11. The third-order valence-electron chi connectivity index (χ3n) is 5.10. The molecule has 0 amide bonds. The Morgan fingerprint density at radius 2 is 1.97 bits per heavy atom. The number of morpholine rings is 1. The van der Waals surface area contributed by atoms with Crippen LogP contribution in [0.25, 0.3) is 0 Å². The van der Waals surface area contributed by atoms with Gasteiger partial charge in [0, 0.05) is 26.7 Å². The molecule has 2 N–H and O–H groups in total. The van der Waals surface area contributed by atoms with Gasteiger partial charge < -0.3 is 24.7 Å². The number of aryl methyl sites for hydroxylation is 1. The van der Waals surface area contributed by atoms with E-state index in [4.69, 9.17) is 21.1 Å². The maximum absolute atomic E-state index is 6.14. The maximum Gasteiger partial charge on any atom is 0.191 e. The number of benzene rings is 1. The van der Waals surface area contributed by atoms with Gasteiger partial charge in [-0.15, -0.1) is 10.2 Å². The summed E-state index contributed by atoms with van der Waals surface area (Å²) < 4.78 is 13.1. The SMILES string of the molecule is Cc1nnc(CN=C(NCCCN2CCOCC2)NCCOc2ccccc2Cl)n1C. The van der Waals surface area contributed by atoms with Crippen molar-refractivity contribution in [2.75, 3.05) is 52.5 Å². The molecule has 2 aromatic rings. The molecule has 0 saturated carbocycles. The van der Waals surface area contributed by atoms with Gasteiger partial charge in [0.15, 0.2) is 11.8 Å². The molecule has 1 aliphatic rings. The molecular weight excluding hydrogens is 418 g/mol. The van der Waals surface area contributed by atoms with Crippen LogP contribution in [0, 0.1) is 6.92 Å². The number of guanidine groups is 1. The van der Waals surface area contributed by atoms with Gasteiger partial charge in [-0.2, -0.15) is 0 Å². The van der Waals surface area contributed by atoms with Gasteiger partial charge >= 0.3 is 0 Å². The van der Waals surface area contributed by atoms with Gasteiger partial charge in [-0.05, 0) is 32.0 Å². The van der Waals surface area contributed by atoms with Crippen LogP contribution in [-0.2, 0) is 18.3 Å². The van der Waals surface area contributed by atoms with Crippen molar-refractivity contribution in [3.05, 3.63) is 40.9 Å². The van der Waals surface area contributed by atoms with Crippen molar-refractivity contribution in [3.8, 4) is 5.75 Å². The molecule has 0 atom stereocenters. The third kappa shape index (κ3) is 7.68.